The number of hydrogen-bond acceptors (Lipinski definition) is 8. The molecule has 1 aromatic rings. The van der Waals surface area contributed by atoms with Crippen molar-refractivity contribution < 1.29 is 37.1 Å². The monoisotopic (exact) mass is 426 g/mol. The number of nitrogens with one attached hydrogen (secondary N) is 1. The average molecular weight is 426 g/mol. The van der Waals surface area contributed by atoms with Crippen LogP contribution in [-0.2, 0) is 29.1 Å². The molecule has 0 aromatic heterocycles. The van der Waals surface area contributed by atoms with Gasteiger partial charge in [-0.2, -0.15) is 0 Å². The zero-order valence-corrected chi connectivity index (χ0v) is 17.0. The van der Waals surface area contributed by atoms with Gasteiger partial charge in [-0.15, -0.1) is 0 Å². The van der Waals surface area contributed by atoms with Gasteiger partial charge in [0.2, 0.25) is 10.0 Å². The highest BCUT2D eigenvalue weighted by Gasteiger charge is 2.40. The first-order valence-electron chi connectivity index (χ1n) is 8.72. The summed E-state index contributed by atoms with van der Waals surface area (Å²) in [6, 6.07) is 3.92. The number of imide groups is 1. The van der Waals surface area contributed by atoms with Gasteiger partial charge in [-0.25, -0.2) is 13.1 Å². The summed E-state index contributed by atoms with van der Waals surface area (Å²) in [5, 5.41) is 0. The summed E-state index contributed by atoms with van der Waals surface area (Å²) in [6.07, 6.45) is -0.368. The van der Waals surface area contributed by atoms with Gasteiger partial charge in [0.25, 0.3) is 11.8 Å². The maximum absolute atomic E-state index is 12.5. The molecule has 29 heavy (non-hydrogen) atoms. The molecule has 0 saturated heterocycles. The van der Waals surface area contributed by atoms with Crippen molar-refractivity contribution in [2.75, 3.05) is 20.0 Å². The number of methoxy groups -OCH3 is 2. The number of amides is 2. The number of nitrogens with zero attached hydrogens (tertiary/aromatic N) is 1. The van der Waals surface area contributed by atoms with Crippen molar-refractivity contribution in [1.29, 1.82) is 0 Å². The van der Waals surface area contributed by atoms with Crippen LogP contribution in [0.25, 0.3) is 0 Å². The molecule has 0 aliphatic carbocycles. The highest BCUT2D eigenvalue weighted by molar-refractivity contribution is 7.89. The van der Waals surface area contributed by atoms with Crippen LogP contribution in [0.1, 0.15) is 40.5 Å². The Morgan fingerprint density at radius 3 is 2.10 bits per heavy atom. The molecule has 11 heteroatoms. The molecule has 0 saturated carbocycles. The van der Waals surface area contributed by atoms with Crippen LogP contribution >= 0.6 is 0 Å². The standard InChI is InChI=1S/C18H22N2O8S/c1-11(20-16(22)12-6-4-5-7-13(12)17(20)23)10-29(25,26)19-14(18(24)28-3)8-9-15(21)27-2/h4-7,11,14,19H,8-10H2,1-3H3/t11-,14+/m0/s1. The highest BCUT2D eigenvalue weighted by Crippen LogP contribution is 2.24. The molecule has 1 aliphatic rings. The van der Waals surface area contributed by atoms with Gasteiger partial charge < -0.3 is 9.47 Å². The van der Waals surface area contributed by atoms with Crippen molar-refractivity contribution in [3.8, 4) is 0 Å². The van der Waals surface area contributed by atoms with E-state index in [1.165, 1.54) is 26.2 Å². The van der Waals surface area contributed by atoms with Gasteiger partial charge in [-0.1, -0.05) is 12.1 Å². The second-order valence-corrected chi connectivity index (χ2v) is 8.26. The summed E-state index contributed by atoms with van der Waals surface area (Å²) in [7, 11) is -1.85. The predicted molar refractivity (Wildman–Crippen MR) is 100 cm³/mol. The molecule has 1 heterocycles. The van der Waals surface area contributed by atoms with E-state index in [-0.39, 0.29) is 24.0 Å². The minimum Gasteiger partial charge on any atom is -0.469 e. The second kappa shape index (κ2) is 9.14. The van der Waals surface area contributed by atoms with Crippen LogP contribution in [0.5, 0.6) is 0 Å². The van der Waals surface area contributed by atoms with Gasteiger partial charge in [0.1, 0.15) is 6.04 Å². The number of carbonyl (C=O) groups is 4. The molecule has 1 aromatic carbocycles. The molecule has 1 N–H and O–H groups in total. The van der Waals surface area contributed by atoms with Crippen LogP contribution in [0.2, 0.25) is 0 Å². The maximum atomic E-state index is 12.5. The minimum absolute atomic E-state index is 0.167. The third-order valence-electron chi connectivity index (χ3n) is 4.40. The molecule has 0 radical (unpaired) electrons. The zero-order valence-electron chi connectivity index (χ0n) is 16.2. The zero-order chi connectivity index (χ0) is 21.8. The summed E-state index contributed by atoms with van der Waals surface area (Å²) < 4.78 is 36.3. The van der Waals surface area contributed by atoms with Gasteiger partial charge in [0.05, 0.1) is 37.1 Å². The SMILES string of the molecule is COC(=O)CC[C@@H](NS(=O)(=O)C[C@H](C)N1C(=O)c2ccccc2C1=O)C(=O)OC. The number of benzene rings is 1. The average Bonchev–Trinajstić information content (AvgIpc) is 2.94. The highest BCUT2D eigenvalue weighted by atomic mass is 32.2. The predicted octanol–water partition coefficient (Wildman–Crippen LogP) is 0.0853. The summed E-state index contributed by atoms with van der Waals surface area (Å²) in [5.41, 5.74) is 0.417. The van der Waals surface area contributed by atoms with E-state index in [1.54, 1.807) is 12.1 Å². The number of esters is 2. The van der Waals surface area contributed by atoms with Gasteiger partial charge in [-0.05, 0) is 25.5 Å². The molecule has 0 fully saturated rings. The van der Waals surface area contributed by atoms with Crippen molar-refractivity contribution in [3.05, 3.63) is 35.4 Å². The van der Waals surface area contributed by atoms with Gasteiger partial charge in [0, 0.05) is 6.42 Å². The molecule has 158 valence electrons. The number of carbonyl (C=O) groups excluding carboxylic acids is 4. The molecule has 0 bridgehead atoms. The second-order valence-electron chi connectivity index (χ2n) is 6.46. The number of fused-ring (bicyclic) bond motifs is 1. The van der Waals surface area contributed by atoms with E-state index in [0.29, 0.717) is 0 Å². The lowest BCUT2D eigenvalue weighted by Gasteiger charge is -2.23. The van der Waals surface area contributed by atoms with Crippen LogP contribution in [0.15, 0.2) is 24.3 Å². The van der Waals surface area contributed by atoms with E-state index in [4.69, 9.17) is 0 Å². The fraction of sp³-hybridized carbons (Fsp3) is 0.444. The van der Waals surface area contributed by atoms with Gasteiger partial charge >= 0.3 is 11.9 Å². The molecule has 2 atom stereocenters. The van der Waals surface area contributed by atoms with E-state index in [2.05, 4.69) is 14.2 Å². The maximum Gasteiger partial charge on any atom is 0.323 e. The molecule has 0 unspecified atom stereocenters. The van der Waals surface area contributed by atoms with E-state index in [9.17, 15) is 27.6 Å². The summed E-state index contributed by atoms with van der Waals surface area (Å²) in [4.78, 5) is 49.0. The normalized spacial score (nSPS) is 15.6. The third kappa shape index (κ3) is 5.18. The minimum atomic E-state index is -4.11. The third-order valence-corrected chi connectivity index (χ3v) is 5.96. The van der Waals surface area contributed by atoms with Crippen LogP contribution < -0.4 is 4.72 Å². The summed E-state index contributed by atoms with van der Waals surface area (Å²) >= 11 is 0. The Hall–Kier alpha value is -2.79. The number of rotatable bonds is 9. The largest absolute Gasteiger partial charge is 0.469 e. The quantitative estimate of drug-likeness (QED) is 0.433. The van der Waals surface area contributed by atoms with Crippen molar-refractivity contribution in [3.63, 3.8) is 0 Å². The number of ether oxygens (including phenoxy) is 2. The lowest BCUT2D eigenvalue weighted by molar-refractivity contribution is -0.144. The van der Waals surface area contributed by atoms with E-state index >= 15 is 0 Å². The Morgan fingerprint density at radius 2 is 1.62 bits per heavy atom. The van der Waals surface area contributed by atoms with Crippen molar-refractivity contribution >= 4 is 33.8 Å². The Kier molecular flexibility index (Phi) is 7.09. The van der Waals surface area contributed by atoms with Crippen LogP contribution in [-0.4, -0.2) is 69.1 Å². The lowest BCUT2D eigenvalue weighted by atomic mass is 10.1. The van der Waals surface area contributed by atoms with E-state index in [0.717, 1.165) is 12.0 Å². The molecule has 2 rings (SSSR count). The van der Waals surface area contributed by atoms with Crippen LogP contribution in [0.4, 0.5) is 0 Å². The first-order valence-corrected chi connectivity index (χ1v) is 10.4. The van der Waals surface area contributed by atoms with Crippen molar-refractivity contribution in [1.82, 2.24) is 9.62 Å². The van der Waals surface area contributed by atoms with Gasteiger partial charge in [-0.3, -0.25) is 24.1 Å². The fourth-order valence-corrected chi connectivity index (χ4v) is 4.52. The topological polar surface area (TPSA) is 136 Å². The Labute approximate surface area is 168 Å². The first kappa shape index (κ1) is 22.5. The molecule has 10 nitrogen and oxygen atoms in total. The number of hydrogen-bond donors (Lipinski definition) is 1. The van der Waals surface area contributed by atoms with Crippen LogP contribution in [0.3, 0.4) is 0 Å². The Morgan fingerprint density at radius 1 is 1.07 bits per heavy atom. The van der Waals surface area contributed by atoms with Crippen molar-refractivity contribution in [2.45, 2.75) is 31.8 Å². The Bertz CT molecular complexity index is 893. The molecular weight excluding hydrogens is 404 g/mol. The van der Waals surface area contributed by atoms with Gasteiger partial charge in [0.15, 0.2) is 0 Å². The Balaban J connectivity index is 2.11. The molecular formula is C18H22N2O8S. The summed E-state index contributed by atoms with van der Waals surface area (Å²) in [6.45, 7) is 1.42. The van der Waals surface area contributed by atoms with Crippen molar-refractivity contribution in [2.24, 2.45) is 0 Å². The molecule has 1 aliphatic heterocycles. The summed E-state index contributed by atoms with van der Waals surface area (Å²) in [5.74, 6) is -3.26. The number of sulfonamides is 1. The molecule has 2 amide bonds. The molecule has 0 spiro atoms. The van der Waals surface area contributed by atoms with Crippen LogP contribution in [0, 0.1) is 0 Å². The van der Waals surface area contributed by atoms with E-state index in [1.807, 2.05) is 0 Å². The first-order chi connectivity index (χ1) is 13.6. The fourth-order valence-electron chi connectivity index (χ4n) is 3.00. The lowest BCUT2D eigenvalue weighted by Crippen LogP contribution is -2.48. The smallest absolute Gasteiger partial charge is 0.323 e. The van der Waals surface area contributed by atoms with E-state index < -0.39 is 51.6 Å².